The summed E-state index contributed by atoms with van der Waals surface area (Å²) in [6.45, 7) is 0. The van der Waals surface area contributed by atoms with Crippen LogP contribution in [-0.2, 0) is 32.7 Å². The summed E-state index contributed by atoms with van der Waals surface area (Å²) in [6.07, 6.45) is 0. The Bertz CT molecular complexity index is 6.00. The van der Waals surface area contributed by atoms with Gasteiger partial charge in [0.1, 0.15) is 0 Å². The number of halogens is 2. The van der Waals surface area contributed by atoms with Gasteiger partial charge in [-0.15, -0.1) is 24.8 Å². The molecule has 0 saturated heterocycles. The first kappa shape index (κ1) is 33.7. The quantitative estimate of drug-likeness (QED) is 0.455. The van der Waals surface area contributed by atoms with Crippen molar-refractivity contribution in [3.05, 3.63) is 0 Å². The van der Waals surface area contributed by atoms with E-state index in [0.717, 1.165) is 0 Å². The molecule has 0 heterocycles. The van der Waals surface area contributed by atoms with Crippen LogP contribution in [-0.4, -0.2) is 18.9 Å². The topological polar surface area (TPSA) is 0 Å². The van der Waals surface area contributed by atoms with Crippen LogP contribution in [0.5, 0.6) is 0 Å². The van der Waals surface area contributed by atoms with Crippen molar-refractivity contribution in [1.82, 2.24) is 0 Å². The number of hydrogen-bond acceptors (Lipinski definition) is 0. The van der Waals surface area contributed by atoms with Crippen molar-refractivity contribution in [1.29, 1.82) is 0 Å². The minimum absolute atomic E-state index is 0. The normalized spacial score (nSPS) is 0. The Hall–Kier alpha value is 2.28. The van der Waals surface area contributed by atoms with Crippen LogP contribution in [0.15, 0.2) is 0 Å². The van der Waals surface area contributed by atoms with E-state index in [4.69, 9.17) is 0 Å². The van der Waals surface area contributed by atoms with Crippen molar-refractivity contribution in [3.8, 4) is 0 Å². The van der Waals surface area contributed by atoms with Crippen molar-refractivity contribution in [2.75, 3.05) is 0 Å². The maximum Gasteiger partial charge on any atom is 0 e. The Morgan fingerprint density at radius 2 is 0.750 bits per heavy atom. The van der Waals surface area contributed by atoms with Gasteiger partial charge in [-0.25, -0.2) is 0 Å². The van der Waals surface area contributed by atoms with E-state index in [2.05, 4.69) is 0 Å². The molecule has 0 saturated carbocycles. The molecular formula is H3Cl2LiY. The van der Waals surface area contributed by atoms with Crippen molar-refractivity contribution in [2.24, 2.45) is 0 Å². The van der Waals surface area contributed by atoms with Crippen LogP contribution in [0.4, 0.5) is 0 Å². The second-order valence-electron chi connectivity index (χ2n) is 0. The van der Waals surface area contributed by atoms with E-state index < -0.39 is 0 Å². The molecule has 0 atom stereocenters. The van der Waals surface area contributed by atoms with E-state index in [1.165, 1.54) is 0 Å². The summed E-state index contributed by atoms with van der Waals surface area (Å²) in [5, 5.41) is 0. The van der Waals surface area contributed by atoms with E-state index in [-0.39, 0.29) is 76.4 Å². The smallest absolute Gasteiger partial charge is 0 e. The zero-order valence-electron chi connectivity index (χ0n) is 1.39. The molecule has 0 aromatic carbocycles. The zero-order chi connectivity index (χ0) is 0. The monoisotopic (exact) mass is 169 g/mol. The van der Waals surface area contributed by atoms with E-state index in [1.54, 1.807) is 0 Å². The molecule has 0 N–H and O–H groups in total. The van der Waals surface area contributed by atoms with Gasteiger partial charge in [-0.3, -0.25) is 0 Å². The third-order valence-electron chi connectivity index (χ3n) is 0. The van der Waals surface area contributed by atoms with Crippen LogP contribution in [0.1, 0.15) is 0 Å². The van der Waals surface area contributed by atoms with Gasteiger partial charge in [0.15, 0.2) is 0 Å². The predicted molar refractivity (Wildman–Crippen MR) is 21.6 cm³/mol. The Morgan fingerprint density at radius 3 is 0.750 bits per heavy atom. The SMILES string of the molecule is Cl.Cl.[LiH].[Y]. The Kier molecular flexibility index (Phi) is 157. The summed E-state index contributed by atoms with van der Waals surface area (Å²) in [5.74, 6) is 0. The molecule has 0 fully saturated rings. The first-order valence-electron chi connectivity index (χ1n) is 0. The largest absolute Gasteiger partial charge is 0 e. The summed E-state index contributed by atoms with van der Waals surface area (Å²) in [7, 11) is 0. The summed E-state index contributed by atoms with van der Waals surface area (Å²) in [6, 6.07) is 0. The molecule has 0 aromatic rings. The molecule has 0 amide bonds. The standard InChI is InChI=1S/2ClH.Li.Y.H/h2*1H;;;. The van der Waals surface area contributed by atoms with Crippen LogP contribution < -0.4 is 0 Å². The Labute approximate surface area is 75.4 Å². The van der Waals surface area contributed by atoms with Crippen LogP contribution in [0.2, 0.25) is 0 Å². The van der Waals surface area contributed by atoms with Crippen LogP contribution >= 0.6 is 24.8 Å². The molecule has 4 heteroatoms. The number of rotatable bonds is 0. The van der Waals surface area contributed by atoms with Gasteiger partial charge in [0.2, 0.25) is 0 Å². The fourth-order valence-corrected chi connectivity index (χ4v) is 0. The molecule has 4 heavy (non-hydrogen) atoms. The molecule has 0 aliphatic carbocycles. The second kappa shape index (κ2) is 18.6. The second-order valence-corrected chi connectivity index (χ2v) is 0. The van der Waals surface area contributed by atoms with Crippen LogP contribution in [0.25, 0.3) is 0 Å². The van der Waals surface area contributed by atoms with E-state index in [1.807, 2.05) is 0 Å². The predicted octanol–water partition coefficient (Wildman–Crippen LogP) is 0.193. The fraction of sp³-hybridized carbons (Fsp3) is 0. The molecule has 21 valence electrons. The fourth-order valence-electron chi connectivity index (χ4n) is 0. The van der Waals surface area contributed by atoms with Gasteiger partial charge >= 0.3 is 18.9 Å². The molecule has 1 radical (unpaired) electrons. The molecule has 0 aromatic heterocycles. The van der Waals surface area contributed by atoms with Gasteiger partial charge < -0.3 is 0 Å². The van der Waals surface area contributed by atoms with Crippen LogP contribution in [0.3, 0.4) is 0 Å². The average molecular weight is 170 g/mol. The molecule has 0 aliphatic heterocycles. The van der Waals surface area contributed by atoms with Gasteiger partial charge in [0.05, 0.1) is 0 Å². The van der Waals surface area contributed by atoms with Gasteiger partial charge in [-0.1, -0.05) is 0 Å². The van der Waals surface area contributed by atoms with Gasteiger partial charge in [-0.05, 0) is 0 Å². The van der Waals surface area contributed by atoms with Crippen molar-refractivity contribution < 1.29 is 32.7 Å². The van der Waals surface area contributed by atoms with Crippen molar-refractivity contribution in [2.45, 2.75) is 0 Å². The third kappa shape index (κ3) is 8.86. The molecule has 0 aliphatic rings. The average Bonchev–Trinajstić information content (AvgIpc) is 0. The Morgan fingerprint density at radius 1 is 0.750 bits per heavy atom. The third-order valence-corrected chi connectivity index (χ3v) is 0. The van der Waals surface area contributed by atoms with Crippen molar-refractivity contribution in [3.63, 3.8) is 0 Å². The first-order chi connectivity index (χ1) is 0. The minimum atomic E-state index is 0. The number of hydrogen-bond donors (Lipinski definition) is 0. The summed E-state index contributed by atoms with van der Waals surface area (Å²) >= 11 is 0. The molecule has 0 spiro atoms. The summed E-state index contributed by atoms with van der Waals surface area (Å²) in [4.78, 5) is 0. The molecule has 0 rings (SSSR count). The molecule has 0 nitrogen and oxygen atoms in total. The minimum Gasteiger partial charge on any atom is 0 e. The van der Waals surface area contributed by atoms with Gasteiger partial charge in [-0.2, -0.15) is 0 Å². The van der Waals surface area contributed by atoms with Gasteiger partial charge in [0.25, 0.3) is 0 Å². The van der Waals surface area contributed by atoms with E-state index >= 15 is 0 Å². The van der Waals surface area contributed by atoms with Gasteiger partial charge in [0, 0.05) is 32.7 Å². The first-order valence-corrected chi connectivity index (χ1v) is 0. The molecule has 0 bridgehead atoms. The van der Waals surface area contributed by atoms with Crippen molar-refractivity contribution >= 4 is 43.7 Å². The molecule has 0 unspecified atom stereocenters. The van der Waals surface area contributed by atoms with E-state index in [9.17, 15) is 0 Å². The van der Waals surface area contributed by atoms with Crippen LogP contribution in [0, 0.1) is 0 Å². The zero-order valence-corrected chi connectivity index (χ0v) is 5.87. The molecular weight excluding hydrogens is 167 g/mol. The Balaban J connectivity index is 0. The maximum absolute atomic E-state index is 0. The van der Waals surface area contributed by atoms with E-state index in [0.29, 0.717) is 0 Å². The maximum atomic E-state index is 0. The summed E-state index contributed by atoms with van der Waals surface area (Å²) in [5.41, 5.74) is 0. The summed E-state index contributed by atoms with van der Waals surface area (Å²) < 4.78 is 0.